The quantitative estimate of drug-likeness (QED) is 0.780. The van der Waals surface area contributed by atoms with Crippen molar-refractivity contribution in [3.63, 3.8) is 0 Å². The predicted molar refractivity (Wildman–Crippen MR) is 99.7 cm³/mol. The van der Waals surface area contributed by atoms with Gasteiger partial charge in [-0.2, -0.15) is 0 Å². The second-order valence-electron chi connectivity index (χ2n) is 6.20. The third-order valence-electron chi connectivity index (χ3n) is 4.24. The van der Waals surface area contributed by atoms with E-state index in [1.807, 2.05) is 19.1 Å². The van der Waals surface area contributed by atoms with E-state index in [2.05, 4.69) is 15.6 Å². The molecule has 0 spiro atoms. The Hall–Kier alpha value is -3.09. The summed E-state index contributed by atoms with van der Waals surface area (Å²) in [6.07, 6.45) is 4.90. The van der Waals surface area contributed by atoms with Gasteiger partial charge in [0.25, 0.3) is 5.91 Å². The molecule has 1 aromatic carbocycles. The van der Waals surface area contributed by atoms with Crippen molar-refractivity contribution in [3.05, 3.63) is 53.9 Å². The SMILES string of the molecule is CCOc1cc(C(=O)NC2CCCNC2=O)ccc1OCc1ccncc1. The first kappa shape index (κ1) is 18.7. The Morgan fingerprint density at radius 3 is 2.78 bits per heavy atom. The topological polar surface area (TPSA) is 89.6 Å². The first-order valence-corrected chi connectivity index (χ1v) is 9.04. The number of benzene rings is 1. The van der Waals surface area contributed by atoms with Gasteiger partial charge in [-0.1, -0.05) is 0 Å². The molecule has 27 heavy (non-hydrogen) atoms. The van der Waals surface area contributed by atoms with E-state index in [9.17, 15) is 9.59 Å². The Balaban J connectivity index is 1.70. The Morgan fingerprint density at radius 1 is 1.22 bits per heavy atom. The molecule has 0 bridgehead atoms. The van der Waals surface area contributed by atoms with E-state index in [0.717, 1.165) is 12.0 Å². The molecule has 0 radical (unpaired) electrons. The van der Waals surface area contributed by atoms with Crippen LogP contribution in [0.4, 0.5) is 0 Å². The summed E-state index contributed by atoms with van der Waals surface area (Å²) in [5.74, 6) is 0.601. The molecule has 7 heteroatoms. The minimum absolute atomic E-state index is 0.142. The summed E-state index contributed by atoms with van der Waals surface area (Å²) >= 11 is 0. The van der Waals surface area contributed by atoms with Gasteiger partial charge in [0.15, 0.2) is 11.5 Å². The number of amides is 2. The second kappa shape index (κ2) is 9.02. The van der Waals surface area contributed by atoms with Gasteiger partial charge in [-0.25, -0.2) is 0 Å². The van der Waals surface area contributed by atoms with Crippen molar-refractivity contribution < 1.29 is 19.1 Å². The zero-order valence-corrected chi connectivity index (χ0v) is 15.2. The fourth-order valence-electron chi connectivity index (χ4n) is 2.83. The minimum Gasteiger partial charge on any atom is -0.490 e. The molecule has 2 amide bonds. The lowest BCUT2D eigenvalue weighted by atomic mass is 10.1. The number of carbonyl (C=O) groups excluding carboxylic acids is 2. The average molecular weight is 369 g/mol. The molecule has 1 saturated heterocycles. The van der Waals surface area contributed by atoms with Crippen molar-refractivity contribution in [2.75, 3.05) is 13.2 Å². The number of piperidine rings is 1. The monoisotopic (exact) mass is 369 g/mol. The summed E-state index contributed by atoms with van der Waals surface area (Å²) in [5, 5.41) is 5.54. The largest absolute Gasteiger partial charge is 0.490 e. The van der Waals surface area contributed by atoms with E-state index in [0.29, 0.717) is 43.2 Å². The number of carbonyl (C=O) groups is 2. The molecule has 1 aliphatic rings. The van der Waals surface area contributed by atoms with Crippen LogP contribution in [0, 0.1) is 0 Å². The summed E-state index contributed by atoms with van der Waals surface area (Å²) in [7, 11) is 0. The molecule has 142 valence electrons. The number of hydrogen-bond acceptors (Lipinski definition) is 5. The maximum absolute atomic E-state index is 12.5. The minimum atomic E-state index is -0.496. The fourth-order valence-corrected chi connectivity index (χ4v) is 2.83. The van der Waals surface area contributed by atoms with E-state index >= 15 is 0 Å². The normalized spacial score (nSPS) is 16.3. The van der Waals surface area contributed by atoms with Crippen molar-refractivity contribution in [1.29, 1.82) is 0 Å². The summed E-state index contributed by atoms with van der Waals surface area (Å²) < 4.78 is 11.5. The molecule has 7 nitrogen and oxygen atoms in total. The van der Waals surface area contributed by atoms with Crippen LogP contribution >= 0.6 is 0 Å². The number of rotatable bonds is 7. The van der Waals surface area contributed by atoms with Gasteiger partial charge in [-0.05, 0) is 55.7 Å². The standard InChI is InChI=1S/C20H23N3O4/c1-2-26-18-12-15(19(24)23-16-4-3-9-22-20(16)25)5-6-17(18)27-13-14-7-10-21-11-8-14/h5-8,10-12,16H,2-4,9,13H2,1H3,(H,22,25)(H,23,24). The zero-order chi connectivity index (χ0) is 19.1. The fraction of sp³-hybridized carbons (Fsp3) is 0.350. The third-order valence-corrected chi connectivity index (χ3v) is 4.24. The molecule has 1 unspecified atom stereocenters. The van der Waals surface area contributed by atoms with Crippen LogP contribution in [0.2, 0.25) is 0 Å². The van der Waals surface area contributed by atoms with Gasteiger partial charge >= 0.3 is 0 Å². The lowest BCUT2D eigenvalue weighted by Gasteiger charge is -2.23. The Labute approximate surface area is 158 Å². The highest BCUT2D eigenvalue weighted by atomic mass is 16.5. The molecule has 0 aliphatic carbocycles. The molecule has 2 aromatic rings. The lowest BCUT2D eigenvalue weighted by Crippen LogP contribution is -2.50. The Morgan fingerprint density at radius 2 is 2.04 bits per heavy atom. The molecule has 1 aromatic heterocycles. The lowest BCUT2D eigenvalue weighted by molar-refractivity contribution is -0.124. The smallest absolute Gasteiger partial charge is 0.252 e. The van der Waals surface area contributed by atoms with E-state index < -0.39 is 6.04 Å². The van der Waals surface area contributed by atoms with Gasteiger partial charge in [0.2, 0.25) is 5.91 Å². The molecular formula is C20H23N3O4. The first-order chi connectivity index (χ1) is 13.2. The molecule has 1 atom stereocenters. The van der Waals surface area contributed by atoms with Crippen LogP contribution in [-0.2, 0) is 11.4 Å². The van der Waals surface area contributed by atoms with Gasteiger partial charge in [0.05, 0.1) is 6.61 Å². The average Bonchev–Trinajstić information content (AvgIpc) is 2.69. The van der Waals surface area contributed by atoms with E-state index in [1.54, 1.807) is 30.6 Å². The third kappa shape index (κ3) is 4.97. The van der Waals surface area contributed by atoms with Gasteiger partial charge < -0.3 is 20.1 Å². The highest BCUT2D eigenvalue weighted by Crippen LogP contribution is 2.29. The number of aromatic nitrogens is 1. The van der Waals surface area contributed by atoms with E-state index in [-0.39, 0.29) is 11.8 Å². The van der Waals surface area contributed by atoms with Gasteiger partial charge in [-0.15, -0.1) is 0 Å². The van der Waals surface area contributed by atoms with Crippen LogP contribution in [0.25, 0.3) is 0 Å². The van der Waals surface area contributed by atoms with Gasteiger partial charge in [0.1, 0.15) is 12.6 Å². The number of nitrogens with one attached hydrogen (secondary N) is 2. The van der Waals surface area contributed by atoms with E-state index in [4.69, 9.17) is 9.47 Å². The molecule has 3 rings (SSSR count). The highest BCUT2D eigenvalue weighted by molar-refractivity contribution is 5.98. The number of hydrogen-bond donors (Lipinski definition) is 2. The number of ether oxygens (including phenoxy) is 2. The van der Waals surface area contributed by atoms with Crippen LogP contribution in [0.5, 0.6) is 11.5 Å². The van der Waals surface area contributed by atoms with Crippen molar-refractivity contribution >= 4 is 11.8 Å². The van der Waals surface area contributed by atoms with Crippen LogP contribution in [0.3, 0.4) is 0 Å². The van der Waals surface area contributed by atoms with Crippen molar-refractivity contribution in [1.82, 2.24) is 15.6 Å². The van der Waals surface area contributed by atoms with Crippen molar-refractivity contribution in [2.24, 2.45) is 0 Å². The number of pyridine rings is 1. The Kier molecular flexibility index (Phi) is 6.25. The number of nitrogens with zero attached hydrogens (tertiary/aromatic N) is 1. The van der Waals surface area contributed by atoms with Crippen molar-refractivity contribution in [2.45, 2.75) is 32.4 Å². The maximum Gasteiger partial charge on any atom is 0.252 e. The maximum atomic E-state index is 12.5. The first-order valence-electron chi connectivity index (χ1n) is 9.04. The highest BCUT2D eigenvalue weighted by Gasteiger charge is 2.24. The van der Waals surface area contributed by atoms with Crippen LogP contribution in [0.1, 0.15) is 35.7 Å². The predicted octanol–water partition coefficient (Wildman–Crippen LogP) is 2.07. The van der Waals surface area contributed by atoms with Gasteiger partial charge in [0, 0.05) is 24.5 Å². The zero-order valence-electron chi connectivity index (χ0n) is 15.2. The summed E-state index contributed by atoms with van der Waals surface area (Å²) in [6.45, 7) is 3.34. The Bertz CT molecular complexity index is 795. The van der Waals surface area contributed by atoms with E-state index in [1.165, 1.54) is 0 Å². The summed E-state index contributed by atoms with van der Waals surface area (Å²) in [4.78, 5) is 28.3. The van der Waals surface area contributed by atoms with Crippen LogP contribution < -0.4 is 20.1 Å². The second-order valence-corrected chi connectivity index (χ2v) is 6.20. The van der Waals surface area contributed by atoms with Crippen LogP contribution in [-0.4, -0.2) is 36.0 Å². The molecule has 2 N–H and O–H groups in total. The molecule has 1 fully saturated rings. The molecule has 0 saturated carbocycles. The van der Waals surface area contributed by atoms with Crippen molar-refractivity contribution in [3.8, 4) is 11.5 Å². The molecular weight excluding hydrogens is 346 g/mol. The molecule has 2 heterocycles. The van der Waals surface area contributed by atoms with Gasteiger partial charge in [-0.3, -0.25) is 14.6 Å². The van der Waals surface area contributed by atoms with Crippen LogP contribution in [0.15, 0.2) is 42.7 Å². The summed E-state index contributed by atoms with van der Waals surface area (Å²) in [5.41, 5.74) is 1.41. The summed E-state index contributed by atoms with van der Waals surface area (Å²) in [6, 6.07) is 8.27. The molecule has 1 aliphatic heterocycles.